The smallest absolute Gasteiger partial charge is 0.271 e. The van der Waals surface area contributed by atoms with Crippen molar-refractivity contribution in [2.24, 2.45) is 0 Å². The number of non-ortho nitro benzene ring substituents is 1. The number of nitro groups is 1. The molecule has 0 aliphatic heterocycles. The highest BCUT2D eigenvalue weighted by atomic mass is 16.6. The Hall–Kier alpha value is -2.89. The van der Waals surface area contributed by atoms with Gasteiger partial charge in [-0.1, -0.05) is 18.2 Å². The third-order valence-corrected chi connectivity index (χ3v) is 2.81. The van der Waals surface area contributed by atoms with E-state index in [1.807, 2.05) is 31.2 Å². The first-order chi connectivity index (χ1) is 10.0. The van der Waals surface area contributed by atoms with Crippen molar-refractivity contribution >= 4 is 23.0 Å². The zero-order valence-electron chi connectivity index (χ0n) is 11.5. The Kier molecular flexibility index (Phi) is 4.50. The van der Waals surface area contributed by atoms with E-state index in [4.69, 9.17) is 0 Å². The van der Waals surface area contributed by atoms with Crippen LogP contribution < -0.4 is 10.6 Å². The molecule has 0 aliphatic carbocycles. The van der Waals surface area contributed by atoms with Crippen LogP contribution >= 0.6 is 0 Å². The molecule has 6 nitrogen and oxygen atoms in total. The topological polar surface area (TPSA) is 84.3 Å². The Bertz CT molecular complexity index is 671. The normalized spacial score (nSPS) is 9.95. The van der Waals surface area contributed by atoms with Gasteiger partial charge in [0.2, 0.25) is 5.91 Å². The minimum Gasteiger partial charge on any atom is -0.376 e. The van der Waals surface area contributed by atoms with Crippen LogP contribution in [0.25, 0.3) is 0 Å². The quantitative estimate of drug-likeness (QED) is 0.653. The molecule has 0 unspecified atom stereocenters. The second-order valence-electron chi connectivity index (χ2n) is 4.58. The maximum absolute atomic E-state index is 11.8. The maximum atomic E-state index is 11.8. The van der Waals surface area contributed by atoms with Gasteiger partial charge in [-0.25, -0.2) is 0 Å². The molecule has 2 N–H and O–H groups in total. The second-order valence-corrected chi connectivity index (χ2v) is 4.58. The molecule has 1 amide bonds. The zero-order chi connectivity index (χ0) is 15.2. The van der Waals surface area contributed by atoms with Gasteiger partial charge in [-0.15, -0.1) is 0 Å². The molecule has 21 heavy (non-hydrogen) atoms. The molecule has 6 heteroatoms. The van der Waals surface area contributed by atoms with E-state index in [0.717, 1.165) is 11.3 Å². The van der Waals surface area contributed by atoms with Crippen molar-refractivity contribution in [2.45, 2.75) is 6.92 Å². The Morgan fingerprint density at radius 2 is 1.86 bits per heavy atom. The Morgan fingerprint density at radius 1 is 1.14 bits per heavy atom. The Morgan fingerprint density at radius 3 is 2.57 bits per heavy atom. The fourth-order valence-electron chi connectivity index (χ4n) is 1.84. The van der Waals surface area contributed by atoms with Crippen LogP contribution in [0.3, 0.4) is 0 Å². The van der Waals surface area contributed by atoms with Crippen LogP contribution in [0.5, 0.6) is 0 Å². The molecule has 0 aromatic heterocycles. The third kappa shape index (κ3) is 4.31. The van der Waals surface area contributed by atoms with Crippen LogP contribution in [0, 0.1) is 17.0 Å². The van der Waals surface area contributed by atoms with Crippen molar-refractivity contribution in [3.8, 4) is 0 Å². The van der Waals surface area contributed by atoms with E-state index in [2.05, 4.69) is 10.6 Å². The molecular formula is C15H15N3O3. The van der Waals surface area contributed by atoms with E-state index in [0.29, 0.717) is 5.69 Å². The summed E-state index contributed by atoms with van der Waals surface area (Å²) >= 11 is 0. The molecule has 0 radical (unpaired) electrons. The number of hydrogen-bond donors (Lipinski definition) is 2. The lowest BCUT2D eigenvalue weighted by atomic mass is 10.2. The van der Waals surface area contributed by atoms with Crippen LogP contribution in [0.15, 0.2) is 48.5 Å². The van der Waals surface area contributed by atoms with Gasteiger partial charge < -0.3 is 10.6 Å². The number of amides is 1. The van der Waals surface area contributed by atoms with Crippen LogP contribution in [0.1, 0.15) is 5.56 Å². The average molecular weight is 285 g/mol. The standard InChI is InChI=1S/C15H15N3O3/c1-11-4-2-5-12(8-11)16-10-15(19)17-13-6-3-7-14(9-13)18(20)21/h2-9,16H,10H2,1H3,(H,17,19). The lowest BCUT2D eigenvalue weighted by Crippen LogP contribution is -2.21. The summed E-state index contributed by atoms with van der Waals surface area (Å²) in [5.74, 6) is -0.267. The van der Waals surface area contributed by atoms with Gasteiger partial charge in [0.1, 0.15) is 0 Å². The Balaban J connectivity index is 1.93. The van der Waals surface area contributed by atoms with Crippen molar-refractivity contribution < 1.29 is 9.72 Å². The molecule has 2 aromatic carbocycles. The van der Waals surface area contributed by atoms with Gasteiger partial charge in [0.05, 0.1) is 11.5 Å². The fraction of sp³-hybridized carbons (Fsp3) is 0.133. The lowest BCUT2D eigenvalue weighted by Gasteiger charge is -2.08. The van der Waals surface area contributed by atoms with Gasteiger partial charge in [-0.3, -0.25) is 14.9 Å². The lowest BCUT2D eigenvalue weighted by molar-refractivity contribution is -0.384. The van der Waals surface area contributed by atoms with E-state index in [-0.39, 0.29) is 18.1 Å². The zero-order valence-corrected chi connectivity index (χ0v) is 11.5. The van der Waals surface area contributed by atoms with Gasteiger partial charge in [-0.05, 0) is 30.7 Å². The highest BCUT2D eigenvalue weighted by Crippen LogP contribution is 2.17. The SMILES string of the molecule is Cc1cccc(NCC(=O)Nc2cccc([N+](=O)[O-])c2)c1. The van der Waals surface area contributed by atoms with E-state index in [9.17, 15) is 14.9 Å². The largest absolute Gasteiger partial charge is 0.376 e. The maximum Gasteiger partial charge on any atom is 0.271 e. The number of nitrogens with one attached hydrogen (secondary N) is 2. The first-order valence-electron chi connectivity index (χ1n) is 6.39. The minimum atomic E-state index is -0.499. The number of nitrogens with zero attached hydrogens (tertiary/aromatic N) is 1. The van der Waals surface area contributed by atoms with Crippen molar-refractivity contribution in [3.63, 3.8) is 0 Å². The molecule has 0 heterocycles. The molecule has 0 atom stereocenters. The summed E-state index contributed by atoms with van der Waals surface area (Å²) in [7, 11) is 0. The second kappa shape index (κ2) is 6.51. The van der Waals surface area contributed by atoms with Gasteiger partial charge in [0.15, 0.2) is 0 Å². The Labute approximate surface area is 121 Å². The molecule has 0 saturated heterocycles. The van der Waals surface area contributed by atoms with Crippen molar-refractivity contribution in [1.82, 2.24) is 0 Å². The number of aryl methyl sites for hydroxylation is 1. The highest BCUT2D eigenvalue weighted by Gasteiger charge is 2.08. The predicted molar refractivity (Wildman–Crippen MR) is 81.4 cm³/mol. The van der Waals surface area contributed by atoms with Crippen LogP contribution in [-0.4, -0.2) is 17.4 Å². The number of rotatable bonds is 5. The molecule has 2 aromatic rings. The summed E-state index contributed by atoms with van der Waals surface area (Å²) in [6.07, 6.45) is 0. The molecule has 0 bridgehead atoms. The molecule has 108 valence electrons. The highest BCUT2D eigenvalue weighted by molar-refractivity contribution is 5.94. The summed E-state index contributed by atoms with van der Waals surface area (Å²) in [4.78, 5) is 22.0. The number of anilines is 2. The number of carbonyl (C=O) groups excluding carboxylic acids is 1. The number of nitro benzene ring substituents is 1. The van der Waals surface area contributed by atoms with Crippen molar-refractivity contribution in [1.29, 1.82) is 0 Å². The van der Waals surface area contributed by atoms with E-state index in [1.165, 1.54) is 18.2 Å². The molecule has 0 aliphatic rings. The summed E-state index contributed by atoms with van der Waals surface area (Å²) in [5, 5.41) is 16.3. The van der Waals surface area contributed by atoms with Crippen molar-refractivity contribution in [2.75, 3.05) is 17.2 Å². The molecule has 0 saturated carbocycles. The first-order valence-corrected chi connectivity index (χ1v) is 6.39. The summed E-state index contributed by atoms with van der Waals surface area (Å²) < 4.78 is 0. The predicted octanol–water partition coefficient (Wildman–Crippen LogP) is 2.95. The summed E-state index contributed by atoms with van der Waals surface area (Å²) in [5.41, 5.74) is 2.29. The van der Waals surface area contributed by atoms with E-state index < -0.39 is 4.92 Å². The van der Waals surface area contributed by atoms with Crippen LogP contribution in [0.2, 0.25) is 0 Å². The van der Waals surface area contributed by atoms with Gasteiger partial charge in [0.25, 0.3) is 5.69 Å². The molecular weight excluding hydrogens is 270 g/mol. The number of benzene rings is 2. The first kappa shape index (κ1) is 14.5. The van der Waals surface area contributed by atoms with Gasteiger partial charge >= 0.3 is 0 Å². The van der Waals surface area contributed by atoms with Crippen LogP contribution in [-0.2, 0) is 4.79 Å². The average Bonchev–Trinajstić information content (AvgIpc) is 2.45. The van der Waals surface area contributed by atoms with Gasteiger partial charge in [0, 0.05) is 23.5 Å². The fourth-order valence-corrected chi connectivity index (χ4v) is 1.84. The number of hydrogen-bond acceptors (Lipinski definition) is 4. The van der Waals surface area contributed by atoms with Crippen molar-refractivity contribution in [3.05, 3.63) is 64.2 Å². The molecule has 2 rings (SSSR count). The minimum absolute atomic E-state index is 0.0561. The van der Waals surface area contributed by atoms with E-state index >= 15 is 0 Å². The molecule has 0 fully saturated rings. The van der Waals surface area contributed by atoms with Gasteiger partial charge in [-0.2, -0.15) is 0 Å². The third-order valence-electron chi connectivity index (χ3n) is 2.81. The summed E-state index contributed by atoms with van der Waals surface area (Å²) in [6.45, 7) is 2.06. The number of carbonyl (C=O) groups is 1. The van der Waals surface area contributed by atoms with E-state index in [1.54, 1.807) is 6.07 Å². The van der Waals surface area contributed by atoms with Crippen LogP contribution in [0.4, 0.5) is 17.1 Å². The summed E-state index contributed by atoms with van der Waals surface area (Å²) in [6, 6.07) is 13.5. The molecule has 0 spiro atoms. The monoisotopic (exact) mass is 285 g/mol.